The third-order valence-corrected chi connectivity index (χ3v) is 2.09. The van der Waals surface area contributed by atoms with Crippen LogP contribution in [0.5, 0.6) is 0 Å². The maximum absolute atomic E-state index is 11.7. The Morgan fingerprint density at radius 3 is 2.50 bits per heavy atom. The van der Waals surface area contributed by atoms with E-state index in [1.807, 2.05) is 0 Å². The molecule has 2 aromatic heterocycles. The number of carbonyl (C=O) groups is 1. The maximum Gasteiger partial charge on any atom is 0.263 e. The third-order valence-electron chi connectivity index (χ3n) is 2.09. The Bertz CT molecular complexity index is 556. The van der Waals surface area contributed by atoms with Gasteiger partial charge in [0.15, 0.2) is 0 Å². The second kappa shape index (κ2) is 6.54. The fraction of sp³-hybridized carbons (Fsp3) is 0.308. The normalized spacial score (nSPS) is 9.50. The van der Waals surface area contributed by atoms with Gasteiger partial charge in [0.1, 0.15) is 6.33 Å². The van der Waals surface area contributed by atoms with Gasteiger partial charge < -0.3 is 4.57 Å². The number of aryl methyl sites for hydroxylation is 1. The lowest BCUT2D eigenvalue weighted by Crippen LogP contribution is -2.19. The van der Waals surface area contributed by atoms with Gasteiger partial charge >= 0.3 is 0 Å². The van der Waals surface area contributed by atoms with Gasteiger partial charge in [-0.3, -0.25) is 14.2 Å². The fourth-order valence-corrected chi connectivity index (χ4v) is 1.21. The molecule has 18 heavy (non-hydrogen) atoms. The summed E-state index contributed by atoms with van der Waals surface area (Å²) in [5, 5.41) is 0. The number of pyridine rings is 1. The number of imidazole rings is 1. The molecule has 2 heterocycles. The summed E-state index contributed by atoms with van der Waals surface area (Å²) in [5.41, 5.74) is 0.150. The van der Waals surface area contributed by atoms with E-state index in [1.165, 1.54) is 34.1 Å². The van der Waals surface area contributed by atoms with E-state index in [0.29, 0.717) is 5.56 Å². The van der Waals surface area contributed by atoms with Crippen LogP contribution in [0.25, 0.3) is 0 Å². The Balaban J connectivity index is 0.000000492. The molecule has 0 saturated heterocycles. The van der Waals surface area contributed by atoms with Crippen LogP contribution in [0.2, 0.25) is 0 Å². The first kappa shape index (κ1) is 13.9. The molecule has 2 rings (SSSR count). The van der Waals surface area contributed by atoms with E-state index >= 15 is 0 Å². The molecular formula is C13H17N3O2. The molecule has 0 bridgehead atoms. The molecule has 0 unspecified atom stereocenters. The highest BCUT2D eigenvalue weighted by atomic mass is 16.2. The molecule has 0 radical (unpaired) electrons. The van der Waals surface area contributed by atoms with Gasteiger partial charge in [-0.2, -0.15) is 0 Å². The van der Waals surface area contributed by atoms with E-state index in [0.717, 1.165) is 0 Å². The van der Waals surface area contributed by atoms with Gasteiger partial charge in [-0.25, -0.2) is 4.98 Å². The van der Waals surface area contributed by atoms with Crippen molar-refractivity contribution in [3.05, 3.63) is 53.0 Å². The molecule has 0 atom stereocenters. The quantitative estimate of drug-likeness (QED) is 0.770. The van der Waals surface area contributed by atoms with Crippen molar-refractivity contribution in [2.24, 2.45) is 7.05 Å². The van der Waals surface area contributed by atoms with E-state index < -0.39 is 0 Å². The van der Waals surface area contributed by atoms with Crippen molar-refractivity contribution in [1.82, 2.24) is 14.1 Å². The minimum absolute atomic E-state index is 0.207. The molecule has 0 amide bonds. The highest BCUT2D eigenvalue weighted by Crippen LogP contribution is 1.99. The second-order valence-corrected chi connectivity index (χ2v) is 3.85. The average Bonchev–Trinajstić information content (AvgIpc) is 2.86. The molecule has 96 valence electrons. The molecule has 0 fully saturated rings. The van der Waals surface area contributed by atoms with Crippen LogP contribution in [0, 0.1) is 0 Å². The highest BCUT2D eigenvalue weighted by molar-refractivity contribution is 5.95. The number of aromatic nitrogens is 3. The molecule has 2 aromatic rings. The minimum Gasteiger partial charge on any atom is -0.319 e. The van der Waals surface area contributed by atoms with Crippen molar-refractivity contribution in [3.63, 3.8) is 0 Å². The minimum atomic E-state index is -0.259. The summed E-state index contributed by atoms with van der Waals surface area (Å²) < 4.78 is 2.74. The largest absolute Gasteiger partial charge is 0.319 e. The summed E-state index contributed by atoms with van der Waals surface area (Å²) in [7, 11) is 1.63. The SMILES string of the molecule is CCC.Cn1ccc(C(=O)n2ccnc2)cc1=O. The van der Waals surface area contributed by atoms with Crippen LogP contribution in [-0.4, -0.2) is 20.0 Å². The van der Waals surface area contributed by atoms with Gasteiger partial charge in [0.05, 0.1) is 0 Å². The third kappa shape index (κ3) is 3.41. The van der Waals surface area contributed by atoms with Crippen molar-refractivity contribution < 1.29 is 4.79 Å². The number of carbonyl (C=O) groups excluding carboxylic acids is 1. The summed E-state index contributed by atoms with van der Waals surface area (Å²) >= 11 is 0. The van der Waals surface area contributed by atoms with Crippen LogP contribution in [0.1, 0.15) is 30.6 Å². The van der Waals surface area contributed by atoms with Crippen LogP contribution in [0.3, 0.4) is 0 Å². The predicted molar refractivity (Wildman–Crippen MR) is 69.6 cm³/mol. The molecule has 5 nitrogen and oxygen atoms in total. The molecular weight excluding hydrogens is 230 g/mol. The Morgan fingerprint density at radius 1 is 1.33 bits per heavy atom. The highest BCUT2D eigenvalue weighted by Gasteiger charge is 2.08. The zero-order chi connectivity index (χ0) is 13.5. The first-order valence-corrected chi connectivity index (χ1v) is 5.79. The summed E-state index contributed by atoms with van der Waals surface area (Å²) in [6, 6.07) is 2.91. The van der Waals surface area contributed by atoms with Crippen molar-refractivity contribution in [3.8, 4) is 0 Å². The predicted octanol–water partition coefficient (Wildman–Crippen LogP) is 1.69. The molecule has 0 N–H and O–H groups in total. The van der Waals surface area contributed by atoms with Crippen molar-refractivity contribution in [2.75, 3.05) is 0 Å². The van der Waals surface area contributed by atoms with E-state index in [2.05, 4.69) is 18.8 Å². The van der Waals surface area contributed by atoms with Gasteiger partial charge in [-0.1, -0.05) is 20.3 Å². The first-order chi connectivity index (χ1) is 8.60. The Morgan fingerprint density at radius 2 is 2.00 bits per heavy atom. The molecule has 0 spiro atoms. The standard InChI is InChI=1S/C10H9N3O2.C3H8/c1-12-4-2-8(6-9(12)14)10(15)13-5-3-11-7-13;1-3-2/h2-7H,1H3;3H2,1-2H3. The Hall–Kier alpha value is -2.17. The molecule has 0 aliphatic carbocycles. The van der Waals surface area contributed by atoms with Crippen molar-refractivity contribution in [2.45, 2.75) is 20.3 Å². The van der Waals surface area contributed by atoms with Gasteiger partial charge in [0.2, 0.25) is 0 Å². The van der Waals surface area contributed by atoms with Crippen LogP contribution in [0.15, 0.2) is 41.8 Å². The Kier molecular flexibility index (Phi) is 5.05. The van der Waals surface area contributed by atoms with Gasteiger partial charge in [0, 0.05) is 37.3 Å². The summed E-state index contributed by atoms with van der Waals surface area (Å²) in [5.74, 6) is -0.259. The van der Waals surface area contributed by atoms with Crippen molar-refractivity contribution >= 4 is 5.91 Å². The first-order valence-electron chi connectivity index (χ1n) is 5.79. The van der Waals surface area contributed by atoms with Crippen LogP contribution >= 0.6 is 0 Å². The topological polar surface area (TPSA) is 56.9 Å². The number of hydrogen-bond acceptors (Lipinski definition) is 3. The summed E-state index contributed by atoms with van der Waals surface area (Å²) in [6.45, 7) is 4.25. The van der Waals surface area contributed by atoms with E-state index in [4.69, 9.17) is 0 Å². The lowest BCUT2D eigenvalue weighted by atomic mass is 10.2. The molecule has 0 saturated carbocycles. The molecule has 0 aromatic carbocycles. The summed E-state index contributed by atoms with van der Waals surface area (Å²) in [4.78, 5) is 26.8. The Labute approximate surface area is 106 Å². The zero-order valence-corrected chi connectivity index (χ0v) is 10.8. The molecule has 5 heteroatoms. The molecule has 0 aliphatic rings. The van der Waals surface area contributed by atoms with Crippen LogP contribution in [-0.2, 0) is 7.05 Å². The molecule has 0 aliphatic heterocycles. The number of hydrogen-bond donors (Lipinski definition) is 0. The monoisotopic (exact) mass is 247 g/mol. The lowest BCUT2D eigenvalue weighted by molar-refractivity contribution is 0.0959. The van der Waals surface area contributed by atoms with Crippen LogP contribution in [0.4, 0.5) is 0 Å². The van der Waals surface area contributed by atoms with Crippen molar-refractivity contribution in [1.29, 1.82) is 0 Å². The van der Waals surface area contributed by atoms with E-state index in [-0.39, 0.29) is 11.5 Å². The van der Waals surface area contributed by atoms with Crippen LogP contribution < -0.4 is 5.56 Å². The van der Waals surface area contributed by atoms with Gasteiger partial charge in [-0.05, 0) is 6.07 Å². The lowest BCUT2D eigenvalue weighted by Gasteiger charge is -2.01. The van der Waals surface area contributed by atoms with E-state index in [9.17, 15) is 9.59 Å². The number of rotatable bonds is 1. The fourth-order valence-electron chi connectivity index (χ4n) is 1.21. The smallest absolute Gasteiger partial charge is 0.263 e. The second-order valence-electron chi connectivity index (χ2n) is 3.85. The summed E-state index contributed by atoms with van der Waals surface area (Å²) in [6.07, 6.45) is 7.27. The zero-order valence-electron chi connectivity index (χ0n) is 10.8. The van der Waals surface area contributed by atoms with Gasteiger partial charge in [0.25, 0.3) is 11.5 Å². The van der Waals surface area contributed by atoms with E-state index in [1.54, 1.807) is 25.5 Å². The maximum atomic E-state index is 11.7. The average molecular weight is 247 g/mol. The van der Waals surface area contributed by atoms with Gasteiger partial charge in [-0.15, -0.1) is 0 Å². The number of nitrogens with zero attached hydrogens (tertiary/aromatic N) is 3.